The van der Waals surface area contributed by atoms with Gasteiger partial charge >= 0.3 is 6.09 Å². The lowest BCUT2D eigenvalue weighted by molar-refractivity contribution is -0.0528. The second-order valence-electron chi connectivity index (χ2n) is 14.8. The summed E-state index contributed by atoms with van der Waals surface area (Å²) in [6.45, 7) is 8.51. The zero-order chi connectivity index (χ0) is 40.3. The summed E-state index contributed by atoms with van der Waals surface area (Å²) < 4.78 is 72.8. The molecule has 4 aromatic rings. The number of aliphatic hydroxyl groups is 1. The van der Waals surface area contributed by atoms with Gasteiger partial charge in [0, 0.05) is 24.4 Å². The van der Waals surface area contributed by atoms with Crippen LogP contribution in [0.4, 0.5) is 14.9 Å². The summed E-state index contributed by atoms with van der Waals surface area (Å²) in [6, 6.07) is 27.2. The highest BCUT2D eigenvalue weighted by molar-refractivity contribution is 7.92. The van der Waals surface area contributed by atoms with Gasteiger partial charge in [0.15, 0.2) is 0 Å². The Kier molecular flexibility index (Phi) is 14.7. The number of rotatable bonds is 17. The number of halogens is 1. The van der Waals surface area contributed by atoms with Gasteiger partial charge < -0.3 is 33.7 Å². The van der Waals surface area contributed by atoms with Gasteiger partial charge in [-0.3, -0.25) is 4.31 Å². The monoisotopic (exact) mass is 792 g/mol. The van der Waals surface area contributed by atoms with Crippen LogP contribution in [0.25, 0.3) is 0 Å². The number of aryl methyl sites for hydroxylation is 1. The highest BCUT2D eigenvalue weighted by atomic mass is 32.2. The summed E-state index contributed by atoms with van der Waals surface area (Å²) in [6.07, 6.45) is -1.16. The molecule has 0 aliphatic carbocycles. The highest BCUT2D eigenvalue weighted by Crippen LogP contribution is 2.33. The topological polar surface area (TPSA) is 124 Å². The van der Waals surface area contributed by atoms with Crippen molar-refractivity contribution in [3.8, 4) is 11.5 Å². The van der Waals surface area contributed by atoms with E-state index in [9.17, 15) is 18.3 Å². The molecule has 1 aliphatic heterocycles. The average Bonchev–Trinajstić information content (AvgIpc) is 3.17. The number of hydrogen-bond acceptors (Lipinski definition) is 9. The van der Waals surface area contributed by atoms with Crippen LogP contribution in [0, 0.1) is 12.7 Å². The molecule has 0 spiro atoms. The predicted octanol–water partition coefficient (Wildman–Crippen LogP) is 7.49. The van der Waals surface area contributed by atoms with Gasteiger partial charge in [0.1, 0.15) is 22.9 Å². The Morgan fingerprint density at radius 2 is 1.66 bits per heavy atom. The molecule has 0 bridgehead atoms. The Labute approximate surface area is 330 Å². The maximum absolute atomic E-state index is 15.1. The van der Waals surface area contributed by atoms with Gasteiger partial charge in [0.25, 0.3) is 10.0 Å². The summed E-state index contributed by atoms with van der Waals surface area (Å²) in [5, 5.41) is 11.3. The molecule has 1 N–H and O–H groups in total. The van der Waals surface area contributed by atoms with Crippen molar-refractivity contribution in [2.45, 2.75) is 75.8 Å². The fourth-order valence-corrected chi connectivity index (χ4v) is 7.93. The van der Waals surface area contributed by atoms with Crippen LogP contribution in [0.15, 0.2) is 102 Å². The molecule has 4 aromatic carbocycles. The van der Waals surface area contributed by atoms with Crippen molar-refractivity contribution in [2.24, 2.45) is 0 Å². The van der Waals surface area contributed by atoms with Crippen LogP contribution in [-0.4, -0.2) is 88.9 Å². The molecule has 1 aliphatic rings. The molecule has 1 heterocycles. The van der Waals surface area contributed by atoms with Gasteiger partial charge in [0.05, 0.1) is 69.4 Å². The van der Waals surface area contributed by atoms with Gasteiger partial charge in [-0.1, -0.05) is 60.2 Å². The third kappa shape index (κ3) is 11.7. The maximum Gasteiger partial charge on any atom is 0.410 e. The number of likely N-dealkylation sites (tertiary alicyclic amines) is 1. The minimum Gasteiger partial charge on any atom is -0.496 e. The molecule has 2 unspecified atom stereocenters. The quantitative estimate of drug-likeness (QED) is 0.108. The number of carbonyl (C=O) groups is 1. The van der Waals surface area contributed by atoms with E-state index in [1.807, 2.05) is 55.5 Å². The maximum atomic E-state index is 15.1. The first-order valence-corrected chi connectivity index (χ1v) is 20.2. The smallest absolute Gasteiger partial charge is 0.410 e. The summed E-state index contributed by atoms with van der Waals surface area (Å²) >= 11 is 0. The molecule has 1 fully saturated rings. The van der Waals surface area contributed by atoms with E-state index in [2.05, 4.69) is 0 Å². The highest BCUT2D eigenvalue weighted by Gasteiger charge is 2.36. The van der Waals surface area contributed by atoms with E-state index in [-0.39, 0.29) is 29.7 Å². The van der Waals surface area contributed by atoms with Crippen molar-refractivity contribution in [1.29, 1.82) is 0 Å². The molecule has 13 heteroatoms. The number of aliphatic hydroxyl groups excluding tert-OH is 1. The van der Waals surface area contributed by atoms with E-state index in [1.54, 1.807) is 44.9 Å². The van der Waals surface area contributed by atoms with Crippen molar-refractivity contribution in [3.05, 3.63) is 120 Å². The number of sulfonamides is 1. The fourth-order valence-electron chi connectivity index (χ4n) is 6.42. The lowest BCUT2D eigenvalue weighted by atomic mass is 9.87. The lowest BCUT2D eigenvalue weighted by Gasteiger charge is -2.39. The Bertz CT molecular complexity index is 1970. The van der Waals surface area contributed by atoms with Gasteiger partial charge in [0.2, 0.25) is 0 Å². The number of methoxy groups -OCH3 is 1. The number of benzene rings is 4. The predicted molar refractivity (Wildman–Crippen MR) is 212 cm³/mol. The molecule has 0 aromatic heterocycles. The molecule has 3 atom stereocenters. The van der Waals surface area contributed by atoms with Crippen LogP contribution >= 0.6 is 0 Å². The summed E-state index contributed by atoms with van der Waals surface area (Å²) in [7, 11) is -2.63. The molecule has 1 saturated heterocycles. The molecule has 5 rings (SSSR count). The number of piperidine rings is 1. The Hall–Kier alpha value is -4.69. The Balaban J connectivity index is 1.24. The minimum atomic E-state index is -4.27. The van der Waals surface area contributed by atoms with Crippen molar-refractivity contribution >= 4 is 21.8 Å². The van der Waals surface area contributed by atoms with Crippen LogP contribution < -0.4 is 13.8 Å². The second kappa shape index (κ2) is 19.4. The van der Waals surface area contributed by atoms with E-state index in [0.717, 1.165) is 26.7 Å². The first-order valence-electron chi connectivity index (χ1n) is 18.8. The first-order chi connectivity index (χ1) is 26.7. The summed E-state index contributed by atoms with van der Waals surface area (Å²) in [5.41, 5.74) is 1.91. The zero-order valence-electron chi connectivity index (χ0n) is 32.7. The van der Waals surface area contributed by atoms with Gasteiger partial charge in [-0.2, -0.15) is 0 Å². The largest absolute Gasteiger partial charge is 0.496 e. The van der Waals surface area contributed by atoms with Crippen LogP contribution in [0.1, 0.15) is 56.2 Å². The normalized spacial score (nSPS) is 16.6. The third-order valence-corrected chi connectivity index (χ3v) is 11.1. The fraction of sp³-hybridized carbons (Fsp3) is 0.419. The molecule has 302 valence electrons. The van der Waals surface area contributed by atoms with Gasteiger partial charge in [-0.25, -0.2) is 17.6 Å². The van der Waals surface area contributed by atoms with Crippen LogP contribution in [0.5, 0.6) is 11.5 Å². The van der Waals surface area contributed by atoms with Crippen molar-refractivity contribution in [3.63, 3.8) is 0 Å². The third-order valence-electron chi connectivity index (χ3n) is 9.28. The first kappa shape index (κ1) is 42.5. The van der Waals surface area contributed by atoms with Gasteiger partial charge in [-0.15, -0.1) is 0 Å². The van der Waals surface area contributed by atoms with E-state index < -0.39 is 46.3 Å². The molecule has 1 amide bonds. The zero-order valence-corrected chi connectivity index (χ0v) is 33.5. The SMILES string of the molecule is COc1ccccc1COCCCOc1ccc(C2CCN(C(=O)OC(C)(C)C)CC2OC[C@@H](O)CN(c2ccccc2F)S(=O)(=O)c2ccc(C)cc2)cc1. The number of nitrogens with zero attached hydrogens (tertiary/aromatic N) is 2. The number of anilines is 1. The lowest BCUT2D eigenvalue weighted by Crippen LogP contribution is -2.49. The number of ether oxygens (including phenoxy) is 5. The van der Waals surface area contributed by atoms with Crippen LogP contribution in [-0.2, 0) is 30.8 Å². The van der Waals surface area contributed by atoms with Crippen LogP contribution in [0.2, 0.25) is 0 Å². The number of hydrogen-bond donors (Lipinski definition) is 1. The molecular weight excluding hydrogens is 740 g/mol. The Morgan fingerprint density at radius 3 is 2.36 bits per heavy atom. The Morgan fingerprint density at radius 1 is 0.964 bits per heavy atom. The molecule has 11 nitrogen and oxygen atoms in total. The summed E-state index contributed by atoms with van der Waals surface area (Å²) in [5.74, 6) is 0.568. The summed E-state index contributed by atoms with van der Waals surface area (Å²) in [4.78, 5) is 14.7. The molecule has 56 heavy (non-hydrogen) atoms. The van der Waals surface area contributed by atoms with E-state index in [1.165, 1.54) is 36.4 Å². The number of carbonyl (C=O) groups excluding carboxylic acids is 1. The van der Waals surface area contributed by atoms with Crippen molar-refractivity contribution < 1.29 is 46.4 Å². The van der Waals surface area contributed by atoms with E-state index in [0.29, 0.717) is 45.0 Å². The standard InChI is InChI=1S/C43H53FN2O9S/c1-31-15-21-36(22-16-31)56(49,50)46(39-13-8-7-12-38(39)44)27-34(47)30-54-41-28-45(42(48)55-43(2,3)4)24-23-37(41)32-17-19-35(20-18-32)53-26-10-25-52-29-33-11-6-9-14-40(33)51-5/h6-9,11-22,34,37,41,47H,10,23-30H2,1-5H3/t34-,37?,41?/m0/s1. The molecule has 0 saturated carbocycles. The van der Waals surface area contributed by atoms with E-state index >= 15 is 4.39 Å². The van der Waals surface area contributed by atoms with E-state index in [4.69, 9.17) is 23.7 Å². The number of para-hydroxylation sites is 2. The average molecular weight is 793 g/mol. The molecular formula is C43H53FN2O9S. The van der Waals surface area contributed by atoms with Crippen molar-refractivity contribution in [1.82, 2.24) is 4.90 Å². The second-order valence-corrected chi connectivity index (χ2v) is 16.6. The van der Waals surface area contributed by atoms with Crippen LogP contribution in [0.3, 0.4) is 0 Å². The van der Waals surface area contributed by atoms with Gasteiger partial charge in [-0.05, 0) is 82.1 Å². The minimum absolute atomic E-state index is 0.0373. The molecule has 0 radical (unpaired) electrons. The van der Waals surface area contributed by atoms with Crippen molar-refractivity contribution in [2.75, 3.05) is 50.9 Å². The number of amides is 1.